The van der Waals surface area contributed by atoms with Gasteiger partial charge in [0.2, 0.25) is 5.91 Å². The van der Waals surface area contributed by atoms with Crippen LogP contribution >= 0.6 is 0 Å². The summed E-state index contributed by atoms with van der Waals surface area (Å²) in [4.78, 5) is 21.8. The van der Waals surface area contributed by atoms with Gasteiger partial charge in [0, 0.05) is 0 Å². The molecule has 0 heterocycles. The number of carbonyl (C=O) groups is 2. The second-order valence-corrected chi connectivity index (χ2v) is 3.31. The maximum Gasteiger partial charge on any atom is 0.319 e. The van der Waals surface area contributed by atoms with Gasteiger partial charge in [-0.1, -0.05) is 19.3 Å². The molecule has 12 heavy (non-hydrogen) atoms. The number of carboxylic acids is 1. The van der Waals surface area contributed by atoms with E-state index in [1.807, 2.05) is 0 Å². The molecule has 0 atom stereocenters. The van der Waals surface area contributed by atoms with E-state index in [1.165, 1.54) is 0 Å². The van der Waals surface area contributed by atoms with Crippen LogP contribution in [0.15, 0.2) is 0 Å². The molecule has 0 radical (unpaired) electrons. The van der Waals surface area contributed by atoms with Crippen molar-refractivity contribution in [1.29, 1.82) is 0 Å². The van der Waals surface area contributed by atoms with Crippen LogP contribution in [0.3, 0.4) is 0 Å². The molecule has 1 rings (SSSR count). The van der Waals surface area contributed by atoms with Gasteiger partial charge in [0.15, 0.2) is 0 Å². The van der Waals surface area contributed by atoms with Crippen LogP contribution in [0.2, 0.25) is 0 Å². The van der Waals surface area contributed by atoms with Crippen LogP contribution in [0.5, 0.6) is 0 Å². The molecule has 3 N–H and O–H groups in total. The van der Waals surface area contributed by atoms with E-state index < -0.39 is 17.3 Å². The molecule has 0 spiro atoms. The molecule has 1 aliphatic rings. The molecule has 0 aliphatic heterocycles. The Hall–Kier alpha value is -1.06. The fourth-order valence-electron chi connectivity index (χ4n) is 1.72. The third-order valence-corrected chi connectivity index (χ3v) is 2.59. The summed E-state index contributed by atoms with van der Waals surface area (Å²) in [6, 6.07) is 0. The number of aliphatic carboxylic acids is 1. The molecule has 68 valence electrons. The molecule has 0 aromatic heterocycles. The largest absolute Gasteiger partial charge is 0.480 e. The number of rotatable bonds is 2. The Morgan fingerprint density at radius 3 is 1.92 bits per heavy atom. The average molecular weight is 171 g/mol. The summed E-state index contributed by atoms with van der Waals surface area (Å²) in [5.74, 6) is -1.75. The normalized spacial score (nSPS) is 21.7. The molecule has 4 nitrogen and oxygen atoms in total. The fourth-order valence-corrected chi connectivity index (χ4v) is 1.72. The molecule has 0 aromatic carbocycles. The Kier molecular flexibility index (Phi) is 2.35. The van der Waals surface area contributed by atoms with Crippen molar-refractivity contribution < 1.29 is 14.7 Å². The average Bonchev–Trinajstić information content (AvgIpc) is 2.05. The first-order valence-corrected chi connectivity index (χ1v) is 4.13. The highest BCUT2D eigenvalue weighted by atomic mass is 16.4. The minimum atomic E-state index is -1.27. The van der Waals surface area contributed by atoms with Gasteiger partial charge < -0.3 is 10.8 Å². The first-order valence-electron chi connectivity index (χ1n) is 4.13. The van der Waals surface area contributed by atoms with Gasteiger partial charge in [-0.05, 0) is 12.8 Å². The summed E-state index contributed by atoms with van der Waals surface area (Å²) in [6.07, 6.45) is 3.38. The Morgan fingerprint density at radius 2 is 1.67 bits per heavy atom. The summed E-state index contributed by atoms with van der Waals surface area (Å²) in [7, 11) is 0. The Balaban J connectivity index is 2.84. The highest BCUT2D eigenvalue weighted by Gasteiger charge is 2.45. The summed E-state index contributed by atoms with van der Waals surface area (Å²) >= 11 is 0. The summed E-state index contributed by atoms with van der Waals surface area (Å²) in [6.45, 7) is 0. The summed E-state index contributed by atoms with van der Waals surface area (Å²) in [5, 5.41) is 8.86. The Bertz CT molecular complexity index is 190. The highest BCUT2D eigenvalue weighted by molar-refractivity contribution is 6.01. The quantitative estimate of drug-likeness (QED) is 0.594. The van der Waals surface area contributed by atoms with Crippen LogP contribution in [-0.2, 0) is 9.59 Å². The predicted molar refractivity (Wildman–Crippen MR) is 42.3 cm³/mol. The zero-order valence-corrected chi connectivity index (χ0v) is 6.88. The number of primary amides is 1. The second-order valence-electron chi connectivity index (χ2n) is 3.31. The number of carboxylic acid groups (broad SMARTS) is 1. The van der Waals surface area contributed by atoms with Crippen LogP contribution in [0, 0.1) is 5.41 Å². The Morgan fingerprint density at radius 1 is 1.17 bits per heavy atom. The van der Waals surface area contributed by atoms with E-state index in [2.05, 4.69) is 0 Å². The van der Waals surface area contributed by atoms with Crippen molar-refractivity contribution in [3.63, 3.8) is 0 Å². The minimum absolute atomic E-state index is 0.400. The van der Waals surface area contributed by atoms with Crippen LogP contribution in [-0.4, -0.2) is 17.0 Å². The first kappa shape index (κ1) is 9.03. The molecule has 4 heteroatoms. The van der Waals surface area contributed by atoms with Crippen LogP contribution in [0.1, 0.15) is 32.1 Å². The number of carbonyl (C=O) groups excluding carboxylic acids is 1. The molecule has 0 saturated heterocycles. The van der Waals surface area contributed by atoms with E-state index in [0.717, 1.165) is 19.3 Å². The molecule has 1 amide bonds. The van der Waals surface area contributed by atoms with Gasteiger partial charge >= 0.3 is 5.97 Å². The zero-order chi connectivity index (χ0) is 9.19. The maximum atomic E-state index is 11.0. The number of nitrogens with two attached hydrogens (primary N) is 1. The van der Waals surface area contributed by atoms with Crippen molar-refractivity contribution in [2.75, 3.05) is 0 Å². The van der Waals surface area contributed by atoms with Gasteiger partial charge in [-0.15, -0.1) is 0 Å². The topological polar surface area (TPSA) is 80.4 Å². The van der Waals surface area contributed by atoms with Crippen molar-refractivity contribution in [2.24, 2.45) is 11.1 Å². The molecule has 1 saturated carbocycles. The molecule has 1 aliphatic carbocycles. The first-order chi connectivity index (χ1) is 5.59. The minimum Gasteiger partial charge on any atom is -0.480 e. The zero-order valence-electron chi connectivity index (χ0n) is 6.88. The van der Waals surface area contributed by atoms with Crippen LogP contribution in [0.4, 0.5) is 0 Å². The van der Waals surface area contributed by atoms with Gasteiger partial charge in [0.05, 0.1) is 0 Å². The van der Waals surface area contributed by atoms with E-state index in [0.29, 0.717) is 12.8 Å². The SMILES string of the molecule is NC(=O)C1(C(=O)O)CCCCC1. The predicted octanol–water partition coefficient (Wildman–Crippen LogP) is 0.507. The number of hydrogen-bond acceptors (Lipinski definition) is 2. The summed E-state index contributed by atoms with van der Waals surface area (Å²) < 4.78 is 0. The lowest BCUT2D eigenvalue weighted by atomic mass is 9.73. The standard InChI is InChI=1S/C8H13NO3/c9-6(10)8(7(11)12)4-2-1-3-5-8/h1-5H2,(H2,9,10)(H,11,12). The molecule has 0 unspecified atom stereocenters. The molecule has 1 fully saturated rings. The second kappa shape index (κ2) is 3.13. The van der Waals surface area contributed by atoms with Gasteiger partial charge in [0.25, 0.3) is 0 Å². The van der Waals surface area contributed by atoms with E-state index in [-0.39, 0.29) is 0 Å². The summed E-state index contributed by atoms with van der Waals surface area (Å²) in [5.41, 5.74) is 3.82. The molecule has 0 bridgehead atoms. The van der Waals surface area contributed by atoms with Gasteiger partial charge in [-0.25, -0.2) is 0 Å². The van der Waals surface area contributed by atoms with E-state index in [9.17, 15) is 9.59 Å². The molecular formula is C8H13NO3. The van der Waals surface area contributed by atoms with Crippen molar-refractivity contribution >= 4 is 11.9 Å². The molecular weight excluding hydrogens is 158 g/mol. The third kappa shape index (κ3) is 1.29. The van der Waals surface area contributed by atoms with Crippen LogP contribution < -0.4 is 5.73 Å². The smallest absolute Gasteiger partial charge is 0.319 e. The lowest BCUT2D eigenvalue weighted by molar-refractivity contribution is -0.156. The molecule has 0 aromatic rings. The lowest BCUT2D eigenvalue weighted by Crippen LogP contribution is -2.45. The fraction of sp³-hybridized carbons (Fsp3) is 0.750. The van der Waals surface area contributed by atoms with Crippen molar-refractivity contribution in [2.45, 2.75) is 32.1 Å². The van der Waals surface area contributed by atoms with Crippen molar-refractivity contribution in [1.82, 2.24) is 0 Å². The van der Waals surface area contributed by atoms with Crippen LogP contribution in [0.25, 0.3) is 0 Å². The number of hydrogen-bond donors (Lipinski definition) is 2. The van der Waals surface area contributed by atoms with Gasteiger partial charge in [-0.2, -0.15) is 0 Å². The van der Waals surface area contributed by atoms with E-state index >= 15 is 0 Å². The van der Waals surface area contributed by atoms with E-state index in [4.69, 9.17) is 10.8 Å². The lowest BCUT2D eigenvalue weighted by Gasteiger charge is -2.29. The third-order valence-electron chi connectivity index (χ3n) is 2.59. The van der Waals surface area contributed by atoms with Crippen molar-refractivity contribution in [3.05, 3.63) is 0 Å². The van der Waals surface area contributed by atoms with E-state index in [1.54, 1.807) is 0 Å². The monoisotopic (exact) mass is 171 g/mol. The highest BCUT2D eigenvalue weighted by Crippen LogP contribution is 2.36. The van der Waals surface area contributed by atoms with Crippen molar-refractivity contribution in [3.8, 4) is 0 Å². The van der Waals surface area contributed by atoms with Gasteiger partial charge in [-0.3, -0.25) is 9.59 Å². The Labute approximate surface area is 70.7 Å². The number of amides is 1. The maximum absolute atomic E-state index is 11.0. The van der Waals surface area contributed by atoms with Gasteiger partial charge in [0.1, 0.15) is 5.41 Å².